The summed E-state index contributed by atoms with van der Waals surface area (Å²) in [5.41, 5.74) is -1.39. The van der Waals surface area contributed by atoms with Crippen molar-refractivity contribution in [3.05, 3.63) is 30.3 Å². The van der Waals surface area contributed by atoms with Gasteiger partial charge in [-0.05, 0) is 31.6 Å². The van der Waals surface area contributed by atoms with Crippen LogP contribution in [0.15, 0.2) is 35.2 Å². The zero-order chi connectivity index (χ0) is 15.1. The molecule has 1 aromatic carbocycles. The third kappa shape index (κ3) is 2.72. The fourth-order valence-electron chi connectivity index (χ4n) is 2.85. The van der Waals surface area contributed by atoms with Crippen molar-refractivity contribution >= 4 is 10.0 Å². The minimum atomic E-state index is -3.67. The number of hydrogen-bond acceptors (Lipinski definition) is 5. The summed E-state index contributed by atoms with van der Waals surface area (Å²) in [6.07, 6.45) is 0.0228. The molecule has 21 heavy (non-hydrogen) atoms. The lowest BCUT2D eigenvalue weighted by atomic mass is 9.98. The predicted octanol–water partition coefficient (Wildman–Crippen LogP) is -0.511. The van der Waals surface area contributed by atoms with Crippen LogP contribution in [0, 0.1) is 0 Å². The van der Waals surface area contributed by atoms with Gasteiger partial charge in [0.25, 0.3) is 0 Å². The molecule has 116 valence electrons. The largest absolute Gasteiger partial charge is 0.389 e. The molecule has 2 saturated heterocycles. The van der Waals surface area contributed by atoms with E-state index in [1.165, 1.54) is 16.4 Å². The molecule has 0 bridgehead atoms. The van der Waals surface area contributed by atoms with Crippen LogP contribution in [-0.2, 0) is 10.0 Å². The highest BCUT2D eigenvalue weighted by molar-refractivity contribution is 7.89. The van der Waals surface area contributed by atoms with Crippen LogP contribution in [0.4, 0.5) is 0 Å². The van der Waals surface area contributed by atoms with E-state index in [-0.39, 0.29) is 18.0 Å². The van der Waals surface area contributed by atoms with Crippen LogP contribution in [0.5, 0.6) is 0 Å². The third-order valence-electron chi connectivity index (χ3n) is 4.27. The second kappa shape index (κ2) is 5.33. The first-order valence-corrected chi connectivity index (χ1v) is 8.54. The normalized spacial score (nSPS) is 31.2. The van der Waals surface area contributed by atoms with Crippen molar-refractivity contribution in [2.45, 2.75) is 23.0 Å². The van der Waals surface area contributed by atoms with E-state index in [2.05, 4.69) is 0 Å². The minimum Gasteiger partial charge on any atom is -0.389 e. The molecule has 2 atom stereocenters. The van der Waals surface area contributed by atoms with E-state index in [9.17, 15) is 18.6 Å². The first-order valence-electron chi connectivity index (χ1n) is 7.10. The lowest BCUT2D eigenvalue weighted by Crippen LogP contribution is -2.54. The monoisotopic (exact) mass is 312 g/mol. The zero-order valence-corrected chi connectivity index (χ0v) is 12.5. The summed E-state index contributed by atoms with van der Waals surface area (Å²) in [6, 6.07) is 8.11. The Kier molecular flexibility index (Phi) is 3.79. The van der Waals surface area contributed by atoms with Gasteiger partial charge in [0.15, 0.2) is 0 Å². The fourth-order valence-corrected chi connectivity index (χ4v) is 4.38. The average molecular weight is 312 g/mol. The Labute approximate surface area is 124 Å². The van der Waals surface area contributed by atoms with Crippen molar-refractivity contribution in [1.82, 2.24) is 9.21 Å². The molecule has 0 aliphatic carbocycles. The van der Waals surface area contributed by atoms with E-state index in [0.29, 0.717) is 6.54 Å². The van der Waals surface area contributed by atoms with Crippen LogP contribution >= 0.6 is 0 Å². The number of benzene rings is 1. The first-order chi connectivity index (χ1) is 9.92. The average Bonchev–Trinajstić information content (AvgIpc) is 2.73. The Morgan fingerprint density at radius 3 is 2.48 bits per heavy atom. The summed E-state index contributed by atoms with van der Waals surface area (Å²) < 4.78 is 26.2. The summed E-state index contributed by atoms with van der Waals surface area (Å²) in [7, 11) is -3.67. The van der Waals surface area contributed by atoms with E-state index in [4.69, 9.17) is 0 Å². The van der Waals surface area contributed by atoms with Gasteiger partial charge in [-0.15, -0.1) is 0 Å². The van der Waals surface area contributed by atoms with Gasteiger partial charge in [0.1, 0.15) is 5.60 Å². The molecular weight excluding hydrogens is 292 g/mol. The SMILES string of the molecule is O=S(=O)(c1ccccc1)N1C[C@@H](O)[C@](O)(CN2CCC2)C1. The van der Waals surface area contributed by atoms with Gasteiger partial charge >= 0.3 is 0 Å². The highest BCUT2D eigenvalue weighted by Gasteiger charge is 2.49. The summed E-state index contributed by atoms with van der Waals surface area (Å²) in [4.78, 5) is 2.22. The van der Waals surface area contributed by atoms with Crippen LogP contribution in [0.1, 0.15) is 6.42 Å². The second-order valence-corrected chi connectivity index (χ2v) is 7.80. The number of aliphatic hydroxyl groups is 2. The fraction of sp³-hybridized carbons (Fsp3) is 0.571. The molecule has 0 unspecified atom stereocenters. The summed E-state index contributed by atoms with van der Waals surface area (Å²) >= 11 is 0. The predicted molar refractivity (Wildman–Crippen MR) is 77.2 cm³/mol. The van der Waals surface area contributed by atoms with Crippen molar-refractivity contribution in [2.75, 3.05) is 32.7 Å². The standard InChI is InChI=1S/C14H20N2O4S/c17-13-9-16(11-14(13,18)10-15-7-4-8-15)21(19,20)12-5-2-1-3-6-12/h1-3,5-6,13,17-18H,4,7-11H2/t13-,14+/m1/s1. The van der Waals surface area contributed by atoms with Crippen LogP contribution in [0.2, 0.25) is 0 Å². The van der Waals surface area contributed by atoms with Gasteiger partial charge in [-0.25, -0.2) is 8.42 Å². The van der Waals surface area contributed by atoms with Crippen LogP contribution in [0.3, 0.4) is 0 Å². The molecule has 7 heteroatoms. The molecular formula is C14H20N2O4S. The molecule has 0 spiro atoms. The quantitative estimate of drug-likeness (QED) is 0.782. The van der Waals surface area contributed by atoms with Gasteiger partial charge in [0.2, 0.25) is 10.0 Å². The molecule has 0 saturated carbocycles. The number of aliphatic hydroxyl groups excluding tert-OH is 1. The van der Waals surface area contributed by atoms with Crippen LogP contribution in [-0.4, -0.2) is 72.3 Å². The van der Waals surface area contributed by atoms with E-state index in [0.717, 1.165) is 19.5 Å². The summed E-state index contributed by atoms with van der Waals surface area (Å²) in [5.74, 6) is 0. The van der Waals surface area contributed by atoms with Crippen LogP contribution in [0.25, 0.3) is 0 Å². The first kappa shape index (κ1) is 14.9. The number of β-amino-alcohol motifs (C(OH)–C–C–N with tert-alkyl or cyclic N) is 2. The Morgan fingerprint density at radius 2 is 1.90 bits per heavy atom. The molecule has 0 aromatic heterocycles. The maximum absolute atomic E-state index is 12.5. The van der Waals surface area contributed by atoms with E-state index >= 15 is 0 Å². The second-order valence-electron chi connectivity index (χ2n) is 5.86. The Balaban J connectivity index is 1.79. The lowest BCUT2D eigenvalue weighted by molar-refractivity contribution is -0.0701. The van der Waals surface area contributed by atoms with Gasteiger partial charge in [0, 0.05) is 19.6 Å². The molecule has 1 aromatic rings. The van der Waals surface area contributed by atoms with E-state index in [1.807, 2.05) is 4.90 Å². The molecule has 2 aliphatic rings. The lowest BCUT2D eigenvalue weighted by Gasteiger charge is -2.38. The van der Waals surface area contributed by atoms with E-state index in [1.54, 1.807) is 18.2 Å². The number of likely N-dealkylation sites (tertiary alicyclic amines) is 1. The van der Waals surface area contributed by atoms with Crippen LogP contribution < -0.4 is 0 Å². The molecule has 6 nitrogen and oxygen atoms in total. The van der Waals surface area contributed by atoms with Crippen molar-refractivity contribution in [3.63, 3.8) is 0 Å². The van der Waals surface area contributed by atoms with Gasteiger partial charge in [-0.3, -0.25) is 0 Å². The molecule has 3 rings (SSSR count). The van der Waals surface area contributed by atoms with Gasteiger partial charge in [-0.2, -0.15) is 4.31 Å². The smallest absolute Gasteiger partial charge is 0.243 e. The summed E-state index contributed by atoms with van der Waals surface area (Å²) in [5, 5.41) is 20.7. The highest BCUT2D eigenvalue weighted by Crippen LogP contribution is 2.29. The van der Waals surface area contributed by atoms with Crippen molar-refractivity contribution < 1.29 is 18.6 Å². The number of nitrogens with zero attached hydrogens (tertiary/aromatic N) is 2. The number of sulfonamides is 1. The molecule has 2 aliphatic heterocycles. The third-order valence-corrected chi connectivity index (χ3v) is 6.10. The molecule has 2 N–H and O–H groups in total. The zero-order valence-electron chi connectivity index (χ0n) is 11.7. The van der Waals surface area contributed by atoms with Crippen molar-refractivity contribution in [1.29, 1.82) is 0 Å². The minimum absolute atomic E-state index is 0.0676. The molecule has 0 amide bonds. The summed E-state index contributed by atoms with van der Waals surface area (Å²) in [6.45, 7) is 1.96. The van der Waals surface area contributed by atoms with Gasteiger partial charge in [0.05, 0.1) is 11.0 Å². The van der Waals surface area contributed by atoms with Crippen molar-refractivity contribution in [2.24, 2.45) is 0 Å². The van der Waals surface area contributed by atoms with E-state index < -0.39 is 21.7 Å². The maximum Gasteiger partial charge on any atom is 0.243 e. The highest BCUT2D eigenvalue weighted by atomic mass is 32.2. The Bertz CT molecular complexity index is 603. The van der Waals surface area contributed by atoms with Gasteiger partial charge in [-0.1, -0.05) is 18.2 Å². The topological polar surface area (TPSA) is 81.1 Å². The number of rotatable bonds is 4. The number of hydrogen-bond donors (Lipinski definition) is 2. The molecule has 2 heterocycles. The Morgan fingerprint density at radius 1 is 1.24 bits per heavy atom. The maximum atomic E-state index is 12.5. The van der Waals surface area contributed by atoms with Crippen molar-refractivity contribution in [3.8, 4) is 0 Å². The van der Waals surface area contributed by atoms with Gasteiger partial charge < -0.3 is 15.1 Å². The molecule has 0 radical (unpaired) electrons. The molecule has 2 fully saturated rings. The Hall–Kier alpha value is -0.990.